The number of methoxy groups -OCH3 is 1. The molecule has 0 spiro atoms. The highest BCUT2D eigenvalue weighted by Gasteiger charge is 2.38. The lowest BCUT2D eigenvalue weighted by Gasteiger charge is -2.35. The lowest BCUT2D eigenvalue weighted by atomic mass is 9.93. The molecule has 0 saturated heterocycles. The van der Waals surface area contributed by atoms with Gasteiger partial charge < -0.3 is 30.7 Å². The van der Waals surface area contributed by atoms with Crippen LogP contribution in [0.2, 0.25) is 0 Å². The van der Waals surface area contributed by atoms with Gasteiger partial charge in [-0.15, -0.1) is 0 Å². The van der Waals surface area contributed by atoms with Crippen molar-refractivity contribution in [1.29, 1.82) is 0 Å². The number of hydrogen-bond donors (Lipinski definition) is 3. The molecule has 4 N–H and O–H groups in total. The van der Waals surface area contributed by atoms with Crippen LogP contribution in [0.1, 0.15) is 89.0 Å². The number of benzene rings is 1. The molecule has 2 atom stereocenters. The number of nitrogens with two attached hydrogens (primary N) is 1. The third kappa shape index (κ3) is 11.6. The average molecular weight is 563 g/mol. The molecule has 2 unspecified atom stereocenters. The Hall–Kier alpha value is -3.63. The molecule has 1 aromatic rings. The molecule has 1 rings (SSSR count). The highest BCUT2D eigenvalue weighted by molar-refractivity contribution is 5.95. The molecule has 224 valence electrons. The van der Waals surface area contributed by atoms with E-state index in [1.165, 1.54) is 12.0 Å². The van der Waals surface area contributed by atoms with Crippen LogP contribution in [-0.4, -0.2) is 66.5 Å². The molecule has 0 bridgehead atoms. The van der Waals surface area contributed by atoms with Crippen LogP contribution >= 0.6 is 0 Å². The van der Waals surface area contributed by atoms with Crippen molar-refractivity contribution in [2.45, 2.75) is 97.8 Å². The lowest BCUT2D eigenvalue weighted by Crippen LogP contribution is -2.54. The van der Waals surface area contributed by atoms with Crippen molar-refractivity contribution in [2.75, 3.05) is 20.2 Å². The molecule has 0 aromatic heterocycles. The molecule has 4 amide bonds. The van der Waals surface area contributed by atoms with Gasteiger partial charge in [0.1, 0.15) is 24.2 Å². The Morgan fingerprint density at radius 1 is 1.00 bits per heavy atom. The van der Waals surface area contributed by atoms with Gasteiger partial charge in [-0.05, 0) is 57.7 Å². The van der Waals surface area contributed by atoms with Crippen molar-refractivity contribution in [1.82, 2.24) is 15.5 Å². The van der Waals surface area contributed by atoms with E-state index in [2.05, 4.69) is 22.3 Å². The van der Waals surface area contributed by atoms with E-state index in [1.54, 1.807) is 20.8 Å². The van der Waals surface area contributed by atoms with Crippen LogP contribution in [0.5, 0.6) is 0 Å². The fraction of sp³-hybridized carbons (Fsp3) is 0.621. The summed E-state index contributed by atoms with van der Waals surface area (Å²) < 4.78 is 9.97. The average Bonchev–Trinajstić information content (AvgIpc) is 2.85. The van der Waals surface area contributed by atoms with Crippen molar-refractivity contribution >= 4 is 29.8 Å². The Bertz CT molecular complexity index is 1020. The quantitative estimate of drug-likeness (QED) is 0.219. The lowest BCUT2D eigenvalue weighted by molar-refractivity contribution is -0.145. The minimum atomic E-state index is -1.37. The number of nitrogens with one attached hydrogen (secondary N) is 2. The standard InChI is InChI=1S/C29H46N4O7/c1-8-9-10-11-12-16-33(27(37)21(17-22(30)34)32-28(38)40-29(4,5)6)25(26(36)31-18-23(35)39-7)24-19(2)14-13-15-20(24)3/h13-15,21,25H,8-12,16-18H2,1-7H3,(H2,30,34)(H,31,36)(H,32,38). The summed E-state index contributed by atoms with van der Waals surface area (Å²) in [4.78, 5) is 65.6. The molecule has 11 heteroatoms. The first kappa shape index (κ1) is 34.4. The first-order chi connectivity index (χ1) is 18.7. The van der Waals surface area contributed by atoms with Gasteiger partial charge >= 0.3 is 12.1 Å². The number of esters is 1. The first-order valence-corrected chi connectivity index (χ1v) is 13.7. The van der Waals surface area contributed by atoms with Crippen LogP contribution in [0.15, 0.2) is 18.2 Å². The van der Waals surface area contributed by atoms with Gasteiger partial charge in [0.05, 0.1) is 13.5 Å². The van der Waals surface area contributed by atoms with Gasteiger partial charge in [-0.1, -0.05) is 50.8 Å². The molecule has 11 nitrogen and oxygen atoms in total. The Labute approximate surface area is 237 Å². The second-order valence-corrected chi connectivity index (χ2v) is 10.8. The Kier molecular flexibility index (Phi) is 14.2. The smallest absolute Gasteiger partial charge is 0.408 e. The zero-order chi connectivity index (χ0) is 30.5. The summed E-state index contributed by atoms with van der Waals surface area (Å²) in [5.74, 6) is -2.72. The molecule has 0 saturated carbocycles. The van der Waals surface area contributed by atoms with Crippen molar-refractivity contribution in [3.8, 4) is 0 Å². The fourth-order valence-corrected chi connectivity index (χ4v) is 4.32. The van der Waals surface area contributed by atoms with E-state index in [0.29, 0.717) is 12.0 Å². The highest BCUT2D eigenvalue weighted by atomic mass is 16.6. The fourth-order valence-electron chi connectivity index (χ4n) is 4.32. The van der Waals surface area contributed by atoms with Gasteiger partial charge in [-0.25, -0.2) is 4.79 Å². The number of carbonyl (C=O) groups is 5. The van der Waals surface area contributed by atoms with Crippen LogP contribution in [0, 0.1) is 13.8 Å². The number of amides is 4. The summed E-state index contributed by atoms with van der Waals surface area (Å²) in [6.07, 6.45) is 3.00. The van der Waals surface area contributed by atoms with Crippen molar-refractivity contribution < 1.29 is 33.4 Å². The number of unbranched alkanes of at least 4 members (excludes halogenated alkanes) is 4. The highest BCUT2D eigenvalue weighted by Crippen LogP contribution is 2.29. The van der Waals surface area contributed by atoms with Crippen LogP contribution in [0.25, 0.3) is 0 Å². The first-order valence-electron chi connectivity index (χ1n) is 13.7. The SMILES string of the molecule is CCCCCCCN(C(=O)C(CC(N)=O)NC(=O)OC(C)(C)C)C(C(=O)NCC(=O)OC)c1c(C)cccc1C. The maximum Gasteiger partial charge on any atom is 0.408 e. The Morgan fingerprint density at radius 3 is 2.12 bits per heavy atom. The van der Waals surface area contributed by atoms with Gasteiger partial charge in [-0.3, -0.25) is 19.2 Å². The van der Waals surface area contributed by atoms with Gasteiger partial charge in [-0.2, -0.15) is 0 Å². The second-order valence-electron chi connectivity index (χ2n) is 10.8. The molecule has 0 aliphatic carbocycles. The number of primary amides is 1. The molecule has 0 aliphatic heterocycles. The van der Waals surface area contributed by atoms with Crippen molar-refractivity contribution in [3.63, 3.8) is 0 Å². The third-order valence-corrected chi connectivity index (χ3v) is 6.19. The molecular formula is C29H46N4O7. The Balaban J connectivity index is 3.59. The van der Waals surface area contributed by atoms with E-state index >= 15 is 0 Å². The number of alkyl carbamates (subject to hydrolysis) is 1. The molecule has 40 heavy (non-hydrogen) atoms. The number of carbonyl (C=O) groups excluding carboxylic acids is 5. The summed E-state index contributed by atoms with van der Waals surface area (Å²) in [5, 5.41) is 5.04. The summed E-state index contributed by atoms with van der Waals surface area (Å²) in [6, 6.07) is 2.97. The van der Waals surface area contributed by atoms with E-state index in [1.807, 2.05) is 32.0 Å². The van der Waals surface area contributed by atoms with Crippen molar-refractivity contribution in [2.24, 2.45) is 5.73 Å². The van der Waals surface area contributed by atoms with Crippen LogP contribution < -0.4 is 16.4 Å². The monoisotopic (exact) mass is 562 g/mol. The van der Waals surface area contributed by atoms with Crippen LogP contribution in [-0.2, 0) is 28.7 Å². The minimum absolute atomic E-state index is 0.165. The largest absolute Gasteiger partial charge is 0.468 e. The molecule has 0 fully saturated rings. The van der Waals surface area contributed by atoms with E-state index in [0.717, 1.165) is 36.8 Å². The van der Waals surface area contributed by atoms with Crippen LogP contribution in [0.3, 0.4) is 0 Å². The number of nitrogens with zero attached hydrogens (tertiary/aromatic N) is 1. The zero-order valence-electron chi connectivity index (χ0n) is 24.9. The zero-order valence-corrected chi connectivity index (χ0v) is 24.9. The van der Waals surface area contributed by atoms with E-state index in [-0.39, 0.29) is 6.54 Å². The number of aryl methyl sites for hydroxylation is 2. The van der Waals surface area contributed by atoms with E-state index < -0.39 is 60.4 Å². The minimum Gasteiger partial charge on any atom is -0.468 e. The van der Waals surface area contributed by atoms with Gasteiger partial charge in [0, 0.05) is 6.54 Å². The molecule has 0 aliphatic rings. The molecule has 0 radical (unpaired) electrons. The van der Waals surface area contributed by atoms with Gasteiger partial charge in [0.25, 0.3) is 0 Å². The van der Waals surface area contributed by atoms with Crippen molar-refractivity contribution in [3.05, 3.63) is 34.9 Å². The maximum atomic E-state index is 14.1. The molecule has 1 aromatic carbocycles. The maximum absolute atomic E-state index is 14.1. The van der Waals surface area contributed by atoms with E-state index in [4.69, 9.17) is 10.5 Å². The predicted molar refractivity (Wildman–Crippen MR) is 151 cm³/mol. The predicted octanol–water partition coefficient (Wildman–Crippen LogP) is 3.20. The summed E-state index contributed by atoms with van der Waals surface area (Å²) in [6.45, 7) is 10.5. The number of ether oxygens (including phenoxy) is 2. The normalized spacial score (nSPS) is 12.6. The Morgan fingerprint density at radius 2 is 1.60 bits per heavy atom. The second kappa shape index (κ2) is 16.5. The summed E-state index contributed by atoms with van der Waals surface area (Å²) in [7, 11) is 1.21. The van der Waals surface area contributed by atoms with Gasteiger partial charge in [0.2, 0.25) is 17.7 Å². The summed E-state index contributed by atoms with van der Waals surface area (Å²) >= 11 is 0. The topological polar surface area (TPSA) is 157 Å². The number of hydrogen-bond acceptors (Lipinski definition) is 7. The molecule has 0 heterocycles. The van der Waals surface area contributed by atoms with E-state index in [9.17, 15) is 24.0 Å². The molecular weight excluding hydrogens is 516 g/mol. The third-order valence-electron chi connectivity index (χ3n) is 6.19. The summed E-state index contributed by atoms with van der Waals surface area (Å²) in [5.41, 5.74) is 6.70. The van der Waals surface area contributed by atoms with Crippen LogP contribution in [0.4, 0.5) is 4.79 Å². The number of rotatable bonds is 15. The van der Waals surface area contributed by atoms with Gasteiger partial charge in [0.15, 0.2) is 0 Å².